The first kappa shape index (κ1) is 23.1. The lowest BCUT2D eigenvalue weighted by Gasteiger charge is -2.12. The van der Waals surface area contributed by atoms with Crippen molar-refractivity contribution in [3.05, 3.63) is 101 Å². The Labute approximate surface area is 202 Å². The molecule has 6 nitrogen and oxygen atoms in total. The molecule has 172 valence electrons. The number of halogens is 1. The SMILES string of the molecule is COc1ccc(C(=O)NN=Cc2c(OCc3ccc(Cl)cc3)ccc3ccccc23)c(OC)c1. The maximum absolute atomic E-state index is 12.7. The molecule has 0 saturated carbocycles. The van der Waals surface area contributed by atoms with E-state index in [4.69, 9.17) is 25.8 Å². The molecule has 0 radical (unpaired) electrons. The normalized spacial score (nSPS) is 10.9. The highest BCUT2D eigenvalue weighted by molar-refractivity contribution is 6.30. The van der Waals surface area contributed by atoms with E-state index in [9.17, 15) is 4.79 Å². The van der Waals surface area contributed by atoms with E-state index in [1.54, 1.807) is 31.5 Å². The fourth-order valence-electron chi connectivity index (χ4n) is 3.48. The summed E-state index contributed by atoms with van der Waals surface area (Å²) >= 11 is 5.97. The predicted molar refractivity (Wildman–Crippen MR) is 134 cm³/mol. The number of ether oxygens (including phenoxy) is 3. The molecule has 0 aromatic heterocycles. The van der Waals surface area contributed by atoms with Gasteiger partial charge in [0.2, 0.25) is 0 Å². The molecule has 0 aliphatic carbocycles. The number of amides is 1. The average Bonchev–Trinajstić information content (AvgIpc) is 2.88. The van der Waals surface area contributed by atoms with Gasteiger partial charge in [0.15, 0.2) is 0 Å². The second kappa shape index (κ2) is 10.7. The van der Waals surface area contributed by atoms with Gasteiger partial charge in [0, 0.05) is 16.7 Å². The third-order valence-corrected chi connectivity index (χ3v) is 5.50. The van der Waals surface area contributed by atoms with Crippen LogP contribution in [0.4, 0.5) is 0 Å². The van der Waals surface area contributed by atoms with Gasteiger partial charge < -0.3 is 14.2 Å². The highest BCUT2D eigenvalue weighted by atomic mass is 35.5. The van der Waals surface area contributed by atoms with Gasteiger partial charge in [-0.25, -0.2) is 5.43 Å². The van der Waals surface area contributed by atoms with Crippen LogP contribution in [0.3, 0.4) is 0 Å². The number of fused-ring (bicyclic) bond motifs is 1. The van der Waals surface area contributed by atoms with E-state index in [-0.39, 0.29) is 0 Å². The van der Waals surface area contributed by atoms with Crippen molar-refractivity contribution in [2.24, 2.45) is 5.10 Å². The Morgan fingerprint density at radius 1 is 0.941 bits per heavy atom. The van der Waals surface area contributed by atoms with Gasteiger partial charge in [0.05, 0.1) is 26.0 Å². The Bertz CT molecular complexity index is 1340. The van der Waals surface area contributed by atoms with Crippen molar-refractivity contribution in [3.8, 4) is 17.2 Å². The summed E-state index contributed by atoms with van der Waals surface area (Å²) in [6.45, 7) is 0.367. The zero-order valence-corrected chi connectivity index (χ0v) is 19.5. The summed E-state index contributed by atoms with van der Waals surface area (Å²) in [7, 11) is 3.05. The number of carbonyl (C=O) groups excluding carboxylic acids is 1. The van der Waals surface area contributed by atoms with Gasteiger partial charge in [-0.05, 0) is 46.7 Å². The first-order valence-corrected chi connectivity index (χ1v) is 10.9. The molecular weight excluding hydrogens is 452 g/mol. The number of hydrogen-bond donors (Lipinski definition) is 1. The smallest absolute Gasteiger partial charge is 0.275 e. The lowest BCUT2D eigenvalue weighted by molar-refractivity contribution is 0.0952. The highest BCUT2D eigenvalue weighted by Gasteiger charge is 2.13. The van der Waals surface area contributed by atoms with Crippen LogP contribution in [-0.4, -0.2) is 26.3 Å². The summed E-state index contributed by atoms with van der Waals surface area (Å²) in [5.74, 6) is 1.23. The summed E-state index contributed by atoms with van der Waals surface area (Å²) in [4.78, 5) is 12.7. The van der Waals surface area contributed by atoms with Gasteiger partial charge in [-0.1, -0.05) is 54.1 Å². The van der Waals surface area contributed by atoms with Crippen molar-refractivity contribution in [2.45, 2.75) is 6.61 Å². The molecule has 4 rings (SSSR count). The molecule has 4 aromatic carbocycles. The first-order chi connectivity index (χ1) is 16.6. The number of nitrogens with one attached hydrogen (secondary N) is 1. The number of benzene rings is 4. The minimum absolute atomic E-state index is 0.345. The second-order valence-electron chi connectivity index (χ2n) is 7.38. The zero-order valence-electron chi connectivity index (χ0n) is 18.7. The number of methoxy groups -OCH3 is 2. The predicted octanol–water partition coefficient (Wildman–Crippen LogP) is 5.85. The fraction of sp³-hybridized carbons (Fsp3) is 0.111. The van der Waals surface area contributed by atoms with Crippen LogP contribution in [0.15, 0.2) is 84.0 Å². The molecule has 34 heavy (non-hydrogen) atoms. The minimum Gasteiger partial charge on any atom is -0.497 e. The van der Waals surface area contributed by atoms with Crippen molar-refractivity contribution in [1.29, 1.82) is 0 Å². The van der Waals surface area contributed by atoms with Gasteiger partial charge in [-0.15, -0.1) is 0 Å². The van der Waals surface area contributed by atoms with E-state index >= 15 is 0 Å². The summed E-state index contributed by atoms with van der Waals surface area (Å²) in [6.07, 6.45) is 1.59. The van der Waals surface area contributed by atoms with Crippen LogP contribution < -0.4 is 19.6 Å². The minimum atomic E-state index is -0.403. The van der Waals surface area contributed by atoms with E-state index in [0.717, 1.165) is 21.9 Å². The summed E-state index contributed by atoms with van der Waals surface area (Å²) < 4.78 is 16.6. The standard InChI is InChI=1S/C27H23ClN2O4/c1-32-21-12-13-23(26(15-21)33-2)27(31)30-29-16-24-22-6-4-3-5-19(22)9-14-25(24)34-17-18-7-10-20(28)11-8-18/h3-16H,17H2,1-2H3,(H,30,31). The molecule has 0 aliphatic heterocycles. The maximum Gasteiger partial charge on any atom is 0.275 e. The van der Waals surface area contributed by atoms with E-state index in [1.165, 1.54) is 7.11 Å². The monoisotopic (exact) mass is 474 g/mol. The van der Waals surface area contributed by atoms with Crippen LogP contribution in [0.5, 0.6) is 17.2 Å². The molecular formula is C27H23ClN2O4. The average molecular weight is 475 g/mol. The van der Waals surface area contributed by atoms with Gasteiger partial charge >= 0.3 is 0 Å². The highest BCUT2D eigenvalue weighted by Crippen LogP contribution is 2.28. The number of nitrogens with zero attached hydrogens (tertiary/aromatic N) is 1. The van der Waals surface area contributed by atoms with Crippen LogP contribution >= 0.6 is 11.6 Å². The Morgan fingerprint density at radius 2 is 1.74 bits per heavy atom. The second-order valence-corrected chi connectivity index (χ2v) is 7.82. The molecule has 0 aliphatic rings. The van der Waals surface area contributed by atoms with Crippen molar-refractivity contribution >= 4 is 34.5 Å². The Kier molecular flexibility index (Phi) is 7.30. The molecule has 0 atom stereocenters. The third-order valence-electron chi connectivity index (χ3n) is 5.25. The number of carbonyl (C=O) groups is 1. The summed E-state index contributed by atoms with van der Waals surface area (Å²) in [6, 6.07) is 24.2. The van der Waals surface area contributed by atoms with Crippen LogP contribution in [0, 0.1) is 0 Å². The Morgan fingerprint density at radius 3 is 2.50 bits per heavy atom. The van der Waals surface area contributed by atoms with Gasteiger partial charge in [0.25, 0.3) is 5.91 Å². The maximum atomic E-state index is 12.7. The molecule has 0 unspecified atom stereocenters. The number of hydrazone groups is 1. The fourth-order valence-corrected chi connectivity index (χ4v) is 3.60. The lowest BCUT2D eigenvalue weighted by atomic mass is 10.0. The molecule has 0 heterocycles. The molecule has 0 bridgehead atoms. The van der Waals surface area contributed by atoms with E-state index in [0.29, 0.717) is 34.4 Å². The molecule has 4 aromatic rings. The van der Waals surface area contributed by atoms with E-state index < -0.39 is 5.91 Å². The van der Waals surface area contributed by atoms with Gasteiger partial charge in [-0.3, -0.25) is 4.79 Å². The quantitative estimate of drug-likeness (QED) is 0.257. The summed E-state index contributed by atoms with van der Waals surface area (Å²) in [5.41, 5.74) is 4.66. The van der Waals surface area contributed by atoms with E-state index in [1.807, 2.05) is 60.7 Å². The number of rotatable bonds is 8. The Hall–Kier alpha value is -4.03. The van der Waals surface area contributed by atoms with Crippen molar-refractivity contribution in [1.82, 2.24) is 5.43 Å². The van der Waals surface area contributed by atoms with Crippen molar-refractivity contribution in [2.75, 3.05) is 14.2 Å². The van der Waals surface area contributed by atoms with Crippen molar-refractivity contribution in [3.63, 3.8) is 0 Å². The molecule has 0 spiro atoms. The van der Waals surface area contributed by atoms with Crippen LogP contribution in [0.1, 0.15) is 21.5 Å². The van der Waals surface area contributed by atoms with E-state index in [2.05, 4.69) is 10.5 Å². The van der Waals surface area contributed by atoms with Crippen LogP contribution in [0.2, 0.25) is 5.02 Å². The van der Waals surface area contributed by atoms with Crippen molar-refractivity contribution < 1.29 is 19.0 Å². The number of hydrogen-bond acceptors (Lipinski definition) is 5. The topological polar surface area (TPSA) is 69.2 Å². The molecule has 7 heteroatoms. The molecule has 0 saturated heterocycles. The lowest BCUT2D eigenvalue weighted by Crippen LogP contribution is -2.18. The summed E-state index contributed by atoms with van der Waals surface area (Å²) in [5, 5.41) is 6.87. The van der Waals surface area contributed by atoms with Gasteiger partial charge in [-0.2, -0.15) is 5.10 Å². The van der Waals surface area contributed by atoms with Crippen LogP contribution in [-0.2, 0) is 6.61 Å². The van der Waals surface area contributed by atoms with Gasteiger partial charge in [0.1, 0.15) is 23.9 Å². The zero-order chi connectivity index (χ0) is 23.9. The molecule has 1 N–H and O–H groups in total. The molecule has 0 fully saturated rings. The Balaban J connectivity index is 1.58. The third kappa shape index (κ3) is 5.30. The first-order valence-electron chi connectivity index (χ1n) is 10.5. The molecule has 1 amide bonds. The van der Waals surface area contributed by atoms with Crippen LogP contribution in [0.25, 0.3) is 10.8 Å². The largest absolute Gasteiger partial charge is 0.497 e.